The van der Waals surface area contributed by atoms with Crippen LogP contribution in [0.4, 0.5) is 19.0 Å². The van der Waals surface area contributed by atoms with Gasteiger partial charge in [-0.1, -0.05) is 12.1 Å². The van der Waals surface area contributed by atoms with E-state index in [1.807, 2.05) is 0 Å². The monoisotopic (exact) mass is 293 g/mol. The molecule has 0 saturated carbocycles. The number of nitrogen functional groups attached to an aromatic ring is 1. The Morgan fingerprint density at radius 3 is 2.67 bits per heavy atom. The van der Waals surface area contributed by atoms with E-state index in [-0.39, 0.29) is 17.2 Å². The zero-order chi connectivity index (χ0) is 15.2. The fourth-order valence-electron chi connectivity index (χ4n) is 1.99. The number of rotatable bonds is 1. The van der Waals surface area contributed by atoms with Crippen molar-refractivity contribution in [1.82, 2.24) is 19.5 Å². The van der Waals surface area contributed by atoms with E-state index in [9.17, 15) is 13.2 Å². The van der Waals surface area contributed by atoms with Crippen LogP contribution in [0.2, 0.25) is 0 Å². The Morgan fingerprint density at radius 2 is 1.95 bits per heavy atom. The summed E-state index contributed by atoms with van der Waals surface area (Å²) in [6.07, 6.45) is -2.90. The van der Waals surface area contributed by atoms with Gasteiger partial charge in [0.1, 0.15) is 5.52 Å². The predicted octanol–water partition coefficient (Wildman–Crippen LogP) is 2.63. The number of alkyl halides is 3. The van der Waals surface area contributed by atoms with E-state index in [2.05, 4.69) is 15.0 Å². The van der Waals surface area contributed by atoms with Crippen LogP contribution in [0.3, 0.4) is 0 Å². The van der Waals surface area contributed by atoms with Crippen molar-refractivity contribution in [3.8, 4) is 11.4 Å². The number of hydrogen-bond acceptors (Lipinski definition) is 4. The number of imidazole rings is 1. The van der Waals surface area contributed by atoms with E-state index < -0.39 is 11.7 Å². The van der Waals surface area contributed by atoms with E-state index in [4.69, 9.17) is 5.73 Å². The molecule has 1 aromatic carbocycles. The number of anilines is 1. The van der Waals surface area contributed by atoms with Gasteiger partial charge in [0.15, 0.2) is 17.3 Å². The maximum Gasteiger partial charge on any atom is 0.416 e. The van der Waals surface area contributed by atoms with Crippen LogP contribution in [-0.4, -0.2) is 19.5 Å². The lowest BCUT2D eigenvalue weighted by molar-refractivity contribution is -0.137. The summed E-state index contributed by atoms with van der Waals surface area (Å²) in [4.78, 5) is 12.3. The highest BCUT2D eigenvalue weighted by Gasteiger charge is 2.30. The van der Waals surface area contributed by atoms with Crippen LogP contribution in [-0.2, 0) is 13.2 Å². The summed E-state index contributed by atoms with van der Waals surface area (Å²) in [5, 5.41) is 0. The average molecular weight is 293 g/mol. The molecule has 0 saturated heterocycles. The van der Waals surface area contributed by atoms with Crippen LogP contribution >= 0.6 is 0 Å². The van der Waals surface area contributed by atoms with Crippen molar-refractivity contribution in [2.75, 3.05) is 5.73 Å². The summed E-state index contributed by atoms with van der Waals surface area (Å²) in [6.45, 7) is 0. The Bertz CT molecular complexity index is 822. The Kier molecular flexibility index (Phi) is 2.82. The molecule has 0 bridgehead atoms. The molecular weight excluding hydrogens is 283 g/mol. The maximum absolute atomic E-state index is 12.8. The van der Waals surface area contributed by atoms with Gasteiger partial charge in [0, 0.05) is 12.6 Å². The Hall–Kier alpha value is -2.64. The molecule has 3 aromatic rings. The molecule has 0 atom stereocenters. The van der Waals surface area contributed by atoms with Gasteiger partial charge in [-0.05, 0) is 12.1 Å². The highest BCUT2D eigenvalue weighted by atomic mass is 19.4. The Morgan fingerprint density at radius 1 is 1.19 bits per heavy atom. The van der Waals surface area contributed by atoms with Gasteiger partial charge >= 0.3 is 6.18 Å². The van der Waals surface area contributed by atoms with Gasteiger partial charge < -0.3 is 10.3 Å². The Balaban J connectivity index is 2.18. The summed E-state index contributed by atoms with van der Waals surface area (Å²) in [5.41, 5.74) is 6.17. The number of benzene rings is 1. The molecule has 0 aliphatic rings. The minimum atomic E-state index is -4.42. The van der Waals surface area contributed by atoms with Gasteiger partial charge in [0.25, 0.3) is 0 Å². The van der Waals surface area contributed by atoms with Crippen molar-refractivity contribution in [2.45, 2.75) is 6.18 Å². The van der Waals surface area contributed by atoms with Gasteiger partial charge in [0.05, 0.1) is 11.9 Å². The summed E-state index contributed by atoms with van der Waals surface area (Å²) in [7, 11) is 1.72. The molecule has 0 radical (unpaired) electrons. The molecule has 0 spiro atoms. The van der Waals surface area contributed by atoms with Crippen molar-refractivity contribution in [3.63, 3.8) is 0 Å². The van der Waals surface area contributed by atoms with Gasteiger partial charge in [-0.3, -0.25) is 0 Å². The van der Waals surface area contributed by atoms with Gasteiger partial charge in [0.2, 0.25) is 0 Å². The molecular formula is C13H10F3N5. The van der Waals surface area contributed by atoms with Crippen LogP contribution in [0, 0.1) is 0 Å². The van der Waals surface area contributed by atoms with Crippen molar-refractivity contribution in [2.24, 2.45) is 7.05 Å². The lowest BCUT2D eigenvalue weighted by atomic mass is 10.1. The molecule has 21 heavy (non-hydrogen) atoms. The van der Waals surface area contributed by atoms with Crippen molar-refractivity contribution in [3.05, 3.63) is 36.2 Å². The summed E-state index contributed by atoms with van der Waals surface area (Å²) in [6, 6.07) is 4.81. The standard InChI is InChI=1S/C13H10F3N5/c1-21-6-18-9-10(17)19-11(20-12(9)21)7-3-2-4-8(5-7)13(14,15)16/h2-6H,1H3,(H2,17,19,20). The third-order valence-corrected chi connectivity index (χ3v) is 3.03. The average Bonchev–Trinajstić information content (AvgIpc) is 2.80. The second-order valence-corrected chi connectivity index (χ2v) is 4.54. The number of fused-ring (bicyclic) bond motifs is 1. The van der Waals surface area contributed by atoms with Crippen molar-refractivity contribution < 1.29 is 13.2 Å². The largest absolute Gasteiger partial charge is 0.416 e. The molecule has 2 N–H and O–H groups in total. The second-order valence-electron chi connectivity index (χ2n) is 4.54. The first-order valence-corrected chi connectivity index (χ1v) is 5.98. The Labute approximate surface area is 117 Å². The minimum absolute atomic E-state index is 0.132. The molecule has 0 unspecified atom stereocenters. The molecule has 8 heteroatoms. The van der Waals surface area contributed by atoms with E-state index in [0.29, 0.717) is 11.2 Å². The van der Waals surface area contributed by atoms with E-state index in [1.54, 1.807) is 11.6 Å². The van der Waals surface area contributed by atoms with E-state index in [0.717, 1.165) is 12.1 Å². The third kappa shape index (κ3) is 2.28. The van der Waals surface area contributed by atoms with E-state index >= 15 is 0 Å². The van der Waals surface area contributed by atoms with Crippen LogP contribution in [0.5, 0.6) is 0 Å². The first-order chi connectivity index (χ1) is 9.86. The SMILES string of the molecule is Cn1cnc2c(N)nc(-c3cccc(C(F)(F)F)c3)nc21. The zero-order valence-electron chi connectivity index (χ0n) is 10.9. The molecule has 2 aromatic heterocycles. The third-order valence-electron chi connectivity index (χ3n) is 3.03. The van der Waals surface area contributed by atoms with Crippen LogP contribution < -0.4 is 5.73 Å². The quantitative estimate of drug-likeness (QED) is 0.748. The fourth-order valence-corrected chi connectivity index (χ4v) is 1.99. The smallest absolute Gasteiger partial charge is 0.382 e. The number of aryl methyl sites for hydroxylation is 1. The predicted molar refractivity (Wildman–Crippen MR) is 71.2 cm³/mol. The van der Waals surface area contributed by atoms with Crippen molar-refractivity contribution >= 4 is 17.0 Å². The van der Waals surface area contributed by atoms with Gasteiger partial charge in [-0.25, -0.2) is 15.0 Å². The first-order valence-electron chi connectivity index (χ1n) is 5.98. The number of nitrogens with two attached hydrogens (primary N) is 1. The van der Waals surface area contributed by atoms with Gasteiger partial charge in [-0.2, -0.15) is 13.2 Å². The molecule has 0 amide bonds. The first kappa shape index (κ1) is 13.3. The highest BCUT2D eigenvalue weighted by molar-refractivity contribution is 5.83. The normalized spacial score (nSPS) is 12.0. The lowest BCUT2D eigenvalue weighted by Crippen LogP contribution is -2.05. The summed E-state index contributed by atoms with van der Waals surface area (Å²) >= 11 is 0. The number of nitrogens with zero attached hydrogens (tertiary/aromatic N) is 4. The van der Waals surface area contributed by atoms with Gasteiger partial charge in [-0.15, -0.1) is 0 Å². The number of aromatic nitrogens is 4. The van der Waals surface area contributed by atoms with Crippen LogP contribution in [0.15, 0.2) is 30.6 Å². The lowest BCUT2D eigenvalue weighted by Gasteiger charge is -2.08. The molecule has 108 valence electrons. The van der Waals surface area contributed by atoms with E-state index in [1.165, 1.54) is 18.5 Å². The molecule has 0 aliphatic carbocycles. The van der Waals surface area contributed by atoms with Crippen LogP contribution in [0.1, 0.15) is 5.56 Å². The van der Waals surface area contributed by atoms with Crippen molar-refractivity contribution in [1.29, 1.82) is 0 Å². The number of hydrogen-bond donors (Lipinski definition) is 1. The molecule has 2 heterocycles. The molecule has 5 nitrogen and oxygen atoms in total. The molecule has 0 aliphatic heterocycles. The second kappa shape index (κ2) is 4.44. The minimum Gasteiger partial charge on any atom is -0.382 e. The van der Waals surface area contributed by atoms with Crippen LogP contribution in [0.25, 0.3) is 22.6 Å². The molecule has 3 rings (SSSR count). The topological polar surface area (TPSA) is 69.6 Å². The summed E-state index contributed by atoms with van der Waals surface area (Å²) in [5.74, 6) is 0.266. The fraction of sp³-hybridized carbons (Fsp3) is 0.154. The maximum atomic E-state index is 12.8. The highest BCUT2D eigenvalue weighted by Crippen LogP contribution is 2.32. The zero-order valence-corrected chi connectivity index (χ0v) is 10.9. The molecule has 0 fully saturated rings. The summed E-state index contributed by atoms with van der Waals surface area (Å²) < 4.78 is 39.9. The number of halogens is 3.